The van der Waals surface area contributed by atoms with Gasteiger partial charge in [0.25, 0.3) is 0 Å². The molecule has 0 saturated heterocycles. The van der Waals surface area contributed by atoms with E-state index in [2.05, 4.69) is 29.3 Å². The number of nitrogens with two attached hydrogens (primary N) is 1. The van der Waals surface area contributed by atoms with Crippen molar-refractivity contribution in [3.8, 4) is 10.4 Å². The molecule has 0 fully saturated rings. The lowest BCUT2D eigenvalue weighted by atomic mass is 9.88. The van der Waals surface area contributed by atoms with Crippen LogP contribution >= 0.6 is 22.9 Å². The number of aryl methyl sites for hydroxylation is 1. The molecule has 126 valence electrons. The summed E-state index contributed by atoms with van der Waals surface area (Å²) in [6.45, 7) is 1.99. The van der Waals surface area contributed by atoms with Gasteiger partial charge in [0, 0.05) is 11.9 Å². The molecule has 1 amide bonds. The number of halogens is 1. The summed E-state index contributed by atoms with van der Waals surface area (Å²) in [5, 5.41) is 0. The van der Waals surface area contributed by atoms with Gasteiger partial charge < -0.3 is 5.73 Å². The molecule has 6 heteroatoms. The molecule has 1 unspecified atom stereocenters. The minimum atomic E-state index is -0.435. The summed E-state index contributed by atoms with van der Waals surface area (Å²) in [6, 6.07) is 12.4. The molecule has 0 radical (unpaired) electrons. The molecular formula is C18H20ClN3OS. The van der Waals surface area contributed by atoms with Gasteiger partial charge in [-0.2, -0.15) is 0 Å². The van der Waals surface area contributed by atoms with Gasteiger partial charge >= 0.3 is 0 Å². The lowest BCUT2D eigenvalue weighted by Crippen LogP contribution is -2.48. The monoisotopic (exact) mass is 361 g/mol. The van der Waals surface area contributed by atoms with E-state index in [1.807, 2.05) is 19.1 Å². The topological polar surface area (TPSA) is 58.7 Å². The summed E-state index contributed by atoms with van der Waals surface area (Å²) < 4.78 is 0.789. The summed E-state index contributed by atoms with van der Waals surface area (Å²) in [4.78, 5) is 19.1. The zero-order chi connectivity index (χ0) is 17.3. The Labute approximate surface area is 151 Å². The van der Waals surface area contributed by atoms with Crippen LogP contribution in [-0.2, 0) is 11.2 Å². The van der Waals surface area contributed by atoms with Crippen molar-refractivity contribution in [2.24, 2.45) is 10.7 Å². The predicted octanol–water partition coefficient (Wildman–Crippen LogP) is 3.94. The van der Waals surface area contributed by atoms with Gasteiger partial charge in [-0.25, -0.2) is 4.99 Å². The van der Waals surface area contributed by atoms with Crippen LogP contribution in [0.25, 0.3) is 10.4 Å². The summed E-state index contributed by atoms with van der Waals surface area (Å²) in [5.74, 6) is 0.322. The maximum absolute atomic E-state index is 12.0. The fourth-order valence-corrected chi connectivity index (χ4v) is 3.91. The average molecular weight is 362 g/mol. The molecule has 4 nitrogen and oxygen atoms in total. The van der Waals surface area contributed by atoms with Crippen LogP contribution < -0.4 is 5.73 Å². The van der Waals surface area contributed by atoms with E-state index in [1.54, 1.807) is 18.4 Å². The Morgan fingerprint density at radius 3 is 2.83 bits per heavy atom. The first kappa shape index (κ1) is 17.0. The van der Waals surface area contributed by atoms with E-state index in [0.717, 1.165) is 27.6 Å². The highest BCUT2D eigenvalue weighted by atomic mass is 35.5. The van der Waals surface area contributed by atoms with Crippen molar-refractivity contribution in [1.82, 2.24) is 4.90 Å². The Bertz CT molecular complexity index is 801. The first-order valence-electron chi connectivity index (χ1n) is 7.83. The highest BCUT2D eigenvalue weighted by molar-refractivity contribution is 7.19. The molecule has 0 aliphatic carbocycles. The molecule has 24 heavy (non-hydrogen) atoms. The third-order valence-electron chi connectivity index (χ3n) is 4.37. The van der Waals surface area contributed by atoms with Crippen LogP contribution in [0.15, 0.2) is 41.4 Å². The van der Waals surface area contributed by atoms with Gasteiger partial charge in [0.05, 0.1) is 16.3 Å². The van der Waals surface area contributed by atoms with Crippen molar-refractivity contribution in [2.75, 3.05) is 7.05 Å². The number of thiophene rings is 1. The highest BCUT2D eigenvalue weighted by Gasteiger charge is 2.34. The number of rotatable bonds is 4. The minimum absolute atomic E-state index is 0.0204. The third kappa shape index (κ3) is 3.62. The Morgan fingerprint density at radius 2 is 2.17 bits per heavy atom. The molecule has 0 saturated carbocycles. The zero-order valence-corrected chi connectivity index (χ0v) is 15.3. The summed E-state index contributed by atoms with van der Waals surface area (Å²) in [7, 11) is 1.66. The van der Waals surface area contributed by atoms with Gasteiger partial charge in [-0.15, -0.1) is 11.3 Å². The molecular weight excluding hydrogens is 342 g/mol. The van der Waals surface area contributed by atoms with E-state index < -0.39 is 5.54 Å². The first-order chi connectivity index (χ1) is 11.4. The smallest absolute Gasteiger partial charge is 0.231 e. The number of guanidine groups is 1. The number of carbonyl (C=O) groups is 1. The number of hydrogen-bond acceptors (Lipinski definition) is 4. The van der Waals surface area contributed by atoms with Crippen molar-refractivity contribution in [2.45, 2.75) is 31.7 Å². The molecule has 2 N–H and O–H groups in total. The van der Waals surface area contributed by atoms with E-state index in [-0.39, 0.29) is 5.91 Å². The molecule has 0 bridgehead atoms. The number of carbonyl (C=O) groups excluding carboxylic acids is 1. The number of hydrogen-bond donors (Lipinski definition) is 1. The summed E-state index contributed by atoms with van der Waals surface area (Å²) in [5.41, 5.74) is 7.81. The Kier molecular flexibility index (Phi) is 4.65. The van der Waals surface area contributed by atoms with Gasteiger partial charge in [-0.3, -0.25) is 9.69 Å². The molecule has 1 aliphatic heterocycles. The molecule has 1 aromatic heterocycles. The van der Waals surface area contributed by atoms with Crippen LogP contribution in [0.5, 0.6) is 0 Å². The van der Waals surface area contributed by atoms with Crippen LogP contribution in [0.1, 0.15) is 25.3 Å². The standard InChI is InChI=1S/C18H20ClN3OS/c1-18(11-16(23)22(2)17(20)21-18)9-8-12-4-3-5-13(10-12)14-6-7-15(19)24-14/h3-7,10H,8-9,11H2,1-2H3,(H2,20,21). The van der Waals surface area contributed by atoms with Gasteiger partial charge in [-0.05, 0) is 43.0 Å². The Hall–Kier alpha value is -1.85. The lowest BCUT2D eigenvalue weighted by molar-refractivity contribution is -0.128. The highest BCUT2D eigenvalue weighted by Crippen LogP contribution is 2.32. The van der Waals surface area contributed by atoms with Crippen molar-refractivity contribution in [3.63, 3.8) is 0 Å². The predicted molar refractivity (Wildman–Crippen MR) is 101 cm³/mol. The maximum Gasteiger partial charge on any atom is 0.231 e. The second-order valence-corrected chi connectivity index (χ2v) is 8.12. The number of aliphatic imine (C=N–C) groups is 1. The number of nitrogens with zero attached hydrogens (tertiary/aromatic N) is 2. The lowest BCUT2D eigenvalue weighted by Gasteiger charge is -2.33. The number of amides is 1. The normalized spacial score (nSPS) is 21.0. The molecule has 1 aromatic carbocycles. The number of benzene rings is 1. The van der Waals surface area contributed by atoms with E-state index in [9.17, 15) is 4.79 Å². The average Bonchev–Trinajstić information content (AvgIpc) is 2.98. The summed E-state index contributed by atoms with van der Waals surface area (Å²) in [6.07, 6.45) is 2.02. The fraction of sp³-hybridized carbons (Fsp3) is 0.333. The zero-order valence-electron chi connectivity index (χ0n) is 13.8. The summed E-state index contributed by atoms with van der Waals surface area (Å²) >= 11 is 7.60. The molecule has 0 spiro atoms. The van der Waals surface area contributed by atoms with Crippen LogP contribution in [-0.4, -0.2) is 29.4 Å². The van der Waals surface area contributed by atoms with Gasteiger partial charge in [0.1, 0.15) is 0 Å². The van der Waals surface area contributed by atoms with Gasteiger partial charge in [-0.1, -0.05) is 35.9 Å². The van der Waals surface area contributed by atoms with Crippen LogP contribution in [0.2, 0.25) is 4.34 Å². The Morgan fingerprint density at radius 1 is 1.38 bits per heavy atom. The molecule has 2 heterocycles. The first-order valence-corrected chi connectivity index (χ1v) is 9.02. The van der Waals surface area contributed by atoms with E-state index in [1.165, 1.54) is 10.5 Å². The van der Waals surface area contributed by atoms with Crippen molar-refractivity contribution in [3.05, 3.63) is 46.3 Å². The minimum Gasteiger partial charge on any atom is -0.369 e. The molecule has 1 atom stereocenters. The Balaban J connectivity index is 1.74. The molecule has 1 aliphatic rings. The van der Waals surface area contributed by atoms with Gasteiger partial charge in [0.2, 0.25) is 5.91 Å². The maximum atomic E-state index is 12.0. The van der Waals surface area contributed by atoms with Crippen molar-refractivity contribution >= 4 is 34.8 Å². The van der Waals surface area contributed by atoms with Crippen LogP contribution in [0.3, 0.4) is 0 Å². The fourth-order valence-electron chi connectivity index (χ4n) is 2.87. The van der Waals surface area contributed by atoms with Gasteiger partial charge in [0.15, 0.2) is 5.96 Å². The quantitative estimate of drug-likeness (QED) is 0.896. The second-order valence-electron chi connectivity index (χ2n) is 6.40. The van der Waals surface area contributed by atoms with E-state index in [0.29, 0.717) is 12.4 Å². The van der Waals surface area contributed by atoms with Crippen LogP contribution in [0.4, 0.5) is 0 Å². The second kappa shape index (κ2) is 6.57. The largest absolute Gasteiger partial charge is 0.369 e. The van der Waals surface area contributed by atoms with Crippen molar-refractivity contribution < 1.29 is 4.79 Å². The SMILES string of the molecule is CN1C(=O)CC(C)(CCc2cccc(-c3ccc(Cl)s3)c2)N=C1N. The molecule has 2 aromatic rings. The van der Waals surface area contributed by atoms with E-state index in [4.69, 9.17) is 17.3 Å². The third-order valence-corrected chi connectivity index (χ3v) is 5.65. The molecule has 3 rings (SSSR count). The van der Waals surface area contributed by atoms with Crippen molar-refractivity contribution in [1.29, 1.82) is 0 Å². The van der Waals surface area contributed by atoms with E-state index >= 15 is 0 Å². The van der Waals surface area contributed by atoms with Crippen LogP contribution in [0, 0.1) is 0 Å².